The van der Waals surface area contributed by atoms with E-state index in [1.54, 1.807) is 0 Å². The number of alkyl halides is 6. The highest BCUT2D eigenvalue weighted by atomic mass is 19.4. The highest BCUT2D eigenvalue weighted by Gasteiger charge is 2.39. The van der Waals surface area contributed by atoms with Crippen LogP contribution in [0.4, 0.5) is 38.2 Å². The minimum atomic E-state index is -4.76. The summed E-state index contributed by atoms with van der Waals surface area (Å²) >= 11 is 0. The Morgan fingerprint density at radius 3 is 2.28 bits per heavy atom. The van der Waals surface area contributed by atoms with Crippen LogP contribution in [0.2, 0.25) is 0 Å². The monoisotopic (exact) mass is 367 g/mol. The van der Waals surface area contributed by atoms with E-state index < -0.39 is 47.5 Å². The van der Waals surface area contributed by atoms with Crippen LogP contribution >= 0.6 is 0 Å². The summed E-state index contributed by atoms with van der Waals surface area (Å²) in [5.41, 5.74) is 3.68. The Kier molecular flexibility index (Phi) is 4.94. The molecule has 0 radical (unpaired) electrons. The number of anilines is 2. The molecule has 0 aliphatic carbocycles. The van der Waals surface area contributed by atoms with Gasteiger partial charge in [0.1, 0.15) is 11.7 Å². The number of hydrogen-bond acceptors (Lipinski definition) is 7. The summed E-state index contributed by atoms with van der Waals surface area (Å²) in [6.07, 6.45) is -8.24. The van der Waals surface area contributed by atoms with Gasteiger partial charge in [-0.15, -0.1) is 0 Å². The Morgan fingerprint density at radius 1 is 1.04 bits per heavy atom. The maximum Gasteiger partial charge on any atom is 0.434 e. The summed E-state index contributed by atoms with van der Waals surface area (Å²) in [5, 5.41) is 2.03. The molecule has 0 aliphatic heterocycles. The zero-order chi connectivity index (χ0) is 18.8. The maximum absolute atomic E-state index is 12.8. The lowest BCUT2D eigenvalue weighted by molar-refractivity contribution is -0.143. The number of nitrogen functional groups attached to an aromatic ring is 1. The van der Waals surface area contributed by atoms with E-state index in [2.05, 4.69) is 24.9 Å². The zero-order valence-electron chi connectivity index (χ0n) is 12.5. The summed E-state index contributed by atoms with van der Waals surface area (Å²) in [7, 11) is 0. The molecular formula is C12H11F6N7. The largest absolute Gasteiger partial charge is 0.434 e. The molecule has 0 aliphatic rings. The number of rotatable bonds is 4. The highest BCUT2D eigenvalue weighted by molar-refractivity contribution is 5.52. The Labute approximate surface area is 136 Å². The zero-order valence-corrected chi connectivity index (χ0v) is 12.5. The van der Waals surface area contributed by atoms with Gasteiger partial charge in [0.25, 0.3) is 0 Å². The molecule has 0 amide bonds. The minimum Gasteiger partial charge on any atom is -0.368 e. The first-order valence-corrected chi connectivity index (χ1v) is 6.75. The SMILES string of the molecule is CCC(Nc1nc(N)nc(-c2cncc(C(F)(F)F)n2)n1)C(F)(F)F. The van der Waals surface area contributed by atoms with Crippen molar-refractivity contribution in [2.45, 2.75) is 31.7 Å². The van der Waals surface area contributed by atoms with Crippen LogP contribution in [0, 0.1) is 0 Å². The van der Waals surface area contributed by atoms with Crippen LogP contribution in [0.25, 0.3) is 11.5 Å². The van der Waals surface area contributed by atoms with Crippen molar-refractivity contribution in [3.63, 3.8) is 0 Å². The molecule has 0 aromatic carbocycles. The molecule has 0 saturated carbocycles. The van der Waals surface area contributed by atoms with E-state index in [1.807, 2.05) is 5.32 Å². The number of hydrogen-bond donors (Lipinski definition) is 2. The van der Waals surface area contributed by atoms with Crippen molar-refractivity contribution in [1.29, 1.82) is 0 Å². The first-order chi connectivity index (χ1) is 11.5. The third-order valence-corrected chi connectivity index (χ3v) is 2.91. The predicted molar refractivity (Wildman–Crippen MR) is 74.0 cm³/mol. The number of nitrogens with two attached hydrogens (primary N) is 1. The fraction of sp³-hybridized carbons (Fsp3) is 0.417. The summed E-state index contributed by atoms with van der Waals surface area (Å²) in [6, 6.07) is -1.96. The first-order valence-electron chi connectivity index (χ1n) is 6.75. The molecule has 2 heterocycles. The van der Waals surface area contributed by atoms with Crippen molar-refractivity contribution < 1.29 is 26.3 Å². The van der Waals surface area contributed by atoms with Crippen LogP contribution in [0.3, 0.4) is 0 Å². The standard InChI is InChI=1S/C12H11F6N7/c1-2-6(11(13,14)15)22-10-24-8(23-9(19)25-10)5-3-20-4-7(21-5)12(16,17)18/h3-4,6H,2H2,1H3,(H3,19,22,23,24,25). The summed E-state index contributed by atoms with van der Waals surface area (Å²) in [5.74, 6) is -1.46. The van der Waals surface area contributed by atoms with Crippen molar-refractivity contribution in [3.8, 4) is 11.5 Å². The summed E-state index contributed by atoms with van der Waals surface area (Å²) in [6.45, 7) is 1.29. The number of nitrogens with zero attached hydrogens (tertiary/aromatic N) is 5. The fourth-order valence-corrected chi connectivity index (χ4v) is 1.75. The Hall–Kier alpha value is -2.73. The molecular weight excluding hydrogens is 356 g/mol. The maximum atomic E-state index is 12.8. The molecule has 13 heteroatoms. The lowest BCUT2D eigenvalue weighted by atomic mass is 10.2. The van der Waals surface area contributed by atoms with Gasteiger partial charge in [-0.05, 0) is 6.42 Å². The van der Waals surface area contributed by atoms with Gasteiger partial charge in [-0.25, -0.2) is 4.98 Å². The number of aromatic nitrogens is 5. The van der Waals surface area contributed by atoms with Gasteiger partial charge in [0.15, 0.2) is 11.5 Å². The van der Waals surface area contributed by atoms with E-state index in [0.29, 0.717) is 6.20 Å². The highest BCUT2D eigenvalue weighted by Crippen LogP contribution is 2.29. The Morgan fingerprint density at radius 2 is 1.72 bits per heavy atom. The van der Waals surface area contributed by atoms with E-state index in [0.717, 1.165) is 6.20 Å². The van der Waals surface area contributed by atoms with Crippen molar-refractivity contribution >= 4 is 11.9 Å². The summed E-state index contributed by atoms with van der Waals surface area (Å²) in [4.78, 5) is 17.4. The molecule has 1 unspecified atom stereocenters. The van der Waals surface area contributed by atoms with Gasteiger partial charge in [0.2, 0.25) is 11.9 Å². The van der Waals surface area contributed by atoms with Crippen molar-refractivity contribution in [1.82, 2.24) is 24.9 Å². The second-order valence-corrected chi connectivity index (χ2v) is 4.77. The van der Waals surface area contributed by atoms with Crippen LogP contribution in [0.15, 0.2) is 12.4 Å². The smallest absolute Gasteiger partial charge is 0.368 e. The molecule has 1 atom stereocenters. The molecule has 2 aromatic rings. The molecule has 0 saturated heterocycles. The van der Waals surface area contributed by atoms with Crippen LogP contribution < -0.4 is 11.1 Å². The van der Waals surface area contributed by atoms with E-state index in [1.165, 1.54) is 6.92 Å². The van der Waals surface area contributed by atoms with Crippen molar-refractivity contribution in [3.05, 3.63) is 18.1 Å². The normalized spacial score (nSPS) is 13.6. The molecule has 7 nitrogen and oxygen atoms in total. The van der Waals surface area contributed by atoms with Crippen LogP contribution in [-0.2, 0) is 6.18 Å². The van der Waals surface area contributed by atoms with Gasteiger partial charge in [-0.3, -0.25) is 4.98 Å². The van der Waals surface area contributed by atoms with E-state index in [-0.39, 0.29) is 6.42 Å². The van der Waals surface area contributed by atoms with Gasteiger partial charge < -0.3 is 11.1 Å². The lowest BCUT2D eigenvalue weighted by Gasteiger charge is -2.20. The minimum absolute atomic E-state index is 0.326. The van der Waals surface area contributed by atoms with Gasteiger partial charge in [-0.2, -0.15) is 41.3 Å². The summed E-state index contributed by atoms with van der Waals surface area (Å²) < 4.78 is 76.4. The Balaban J connectivity index is 2.40. The van der Waals surface area contributed by atoms with E-state index in [9.17, 15) is 26.3 Å². The Bertz CT molecular complexity index is 745. The predicted octanol–water partition coefficient (Wildman–Crippen LogP) is 2.68. The molecule has 0 fully saturated rings. The molecule has 3 N–H and O–H groups in total. The van der Waals surface area contributed by atoms with Gasteiger partial charge in [-0.1, -0.05) is 6.92 Å². The van der Waals surface area contributed by atoms with E-state index >= 15 is 0 Å². The van der Waals surface area contributed by atoms with Gasteiger partial charge in [0, 0.05) is 0 Å². The second-order valence-electron chi connectivity index (χ2n) is 4.77. The molecule has 25 heavy (non-hydrogen) atoms. The van der Waals surface area contributed by atoms with Crippen LogP contribution in [0.1, 0.15) is 19.0 Å². The quantitative estimate of drug-likeness (QED) is 0.801. The van der Waals surface area contributed by atoms with Crippen molar-refractivity contribution in [2.24, 2.45) is 0 Å². The number of nitrogens with one attached hydrogen (secondary N) is 1. The average molecular weight is 367 g/mol. The molecule has 0 bridgehead atoms. The lowest BCUT2D eigenvalue weighted by Crippen LogP contribution is -2.36. The molecule has 0 spiro atoms. The third-order valence-electron chi connectivity index (χ3n) is 2.91. The third kappa shape index (κ3) is 4.64. The van der Waals surface area contributed by atoms with Crippen LogP contribution in [0.5, 0.6) is 0 Å². The second kappa shape index (κ2) is 6.64. The van der Waals surface area contributed by atoms with Crippen molar-refractivity contribution in [2.75, 3.05) is 11.1 Å². The molecule has 2 rings (SSSR count). The molecule has 136 valence electrons. The average Bonchev–Trinajstić information content (AvgIpc) is 2.50. The van der Waals surface area contributed by atoms with Crippen LogP contribution in [-0.4, -0.2) is 37.1 Å². The fourth-order valence-electron chi connectivity index (χ4n) is 1.75. The first kappa shape index (κ1) is 18.6. The topological polar surface area (TPSA) is 102 Å². The van der Waals surface area contributed by atoms with Gasteiger partial charge in [0.05, 0.1) is 12.4 Å². The van der Waals surface area contributed by atoms with E-state index in [4.69, 9.17) is 5.73 Å². The number of halogens is 6. The molecule has 2 aromatic heterocycles. The van der Waals surface area contributed by atoms with Gasteiger partial charge >= 0.3 is 12.4 Å².